The van der Waals surface area contributed by atoms with Gasteiger partial charge in [0, 0.05) is 12.8 Å². The van der Waals surface area contributed by atoms with Crippen LogP contribution in [0, 0.1) is 11.8 Å². The van der Waals surface area contributed by atoms with E-state index >= 15 is 0 Å². The van der Waals surface area contributed by atoms with E-state index in [9.17, 15) is 29.4 Å². The molecule has 0 radical (unpaired) electrons. The summed E-state index contributed by atoms with van der Waals surface area (Å²) in [6.07, 6.45) is 1.08. The van der Waals surface area contributed by atoms with Crippen molar-refractivity contribution in [3.05, 3.63) is 65.7 Å². The lowest BCUT2D eigenvalue weighted by Gasteiger charge is -2.26. The van der Waals surface area contributed by atoms with Crippen molar-refractivity contribution in [1.82, 2.24) is 16.0 Å². The van der Waals surface area contributed by atoms with Crippen LogP contribution in [0.3, 0.4) is 0 Å². The van der Waals surface area contributed by atoms with Gasteiger partial charge in [-0.15, -0.1) is 0 Å². The van der Waals surface area contributed by atoms with Gasteiger partial charge in [-0.05, 0) is 41.5 Å². The fourth-order valence-electron chi connectivity index (χ4n) is 4.15. The molecule has 3 amide bonds. The molecule has 0 bridgehead atoms. The van der Waals surface area contributed by atoms with Gasteiger partial charge in [-0.25, -0.2) is 4.79 Å². The molecule has 2 aromatic carbocycles. The topological polar surface area (TPSA) is 171 Å². The molecule has 218 valence electrons. The predicted molar refractivity (Wildman–Crippen MR) is 152 cm³/mol. The maximum absolute atomic E-state index is 13.6. The molecule has 10 heteroatoms. The van der Waals surface area contributed by atoms with Gasteiger partial charge in [-0.2, -0.15) is 0 Å². The molecule has 0 fully saturated rings. The zero-order valence-corrected chi connectivity index (χ0v) is 23.6. The highest BCUT2D eigenvalue weighted by molar-refractivity contribution is 5.94. The van der Waals surface area contributed by atoms with Crippen molar-refractivity contribution in [2.75, 3.05) is 0 Å². The van der Waals surface area contributed by atoms with E-state index in [1.807, 2.05) is 58.0 Å². The summed E-state index contributed by atoms with van der Waals surface area (Å²) in [5.41, 5.74) is 7.55. The van der Waals surface area contributed by atoms with Crippen LogP contribution in [0.25, 0.3) is 0 Å². The number of nitrogens with two attached hydrogens (primary N) is 1. The van der Waals surface area contributed by atoms with Crippen LogP contribution in [0.2, 0.25) is 0 Å². The zero-order valence-electron chi connectivity index (χ0n) is 23.6. The van der Waals surface area contributed by atoms with E-state index < -0.39 is 47.9 Å². The number of carbonyl (C=O) groups excluding carboxylic acids is 3. The van der Waals surface area contributed by atoms with Crippen molar-refractivity contribution < 1.29 is 29.4 Å². The van der Waals surface area contributed by atoms with Crippen LogP contribution in [0.4, 0.5) is 0 Å². The molecule has 40 heavy (non-hydrogen) atoms. The largest absolute Gasteiger partial charge is 0.508 e. The smallest absolute Gasteiger partial charge is 0.326 e. The lowest BCUT2D eigenvalue weighted by molar-refractivity contribution is -0.142. The summed E-state index contributed by atoms with van der Waals surface area (Å²) in [5, 5.41) is 27.3. The maximum atomic E-state index is 13.6. The number of benzene rings is 2. The molecule has 0 aliphatic heterocycles. The molecule has 0 saturated carbocycles. The Morgan fingerprint density at radius 2 is 1.23 bits per heavy atom. The van der Waals surface area contributed by atoms with Crippen LogP contribution in [-0.4, -0.2) is 58.1 Å². The van der Waals surface area contributed by atoms with Gasteiger partial charge in [-0.1, -0.05) is 76.6 Å². The number of nitrogens with one attached hydrogen (secondary N) is 3. The van der Waals surface area contributed by atoms with Crippen LogP contribution in [0.5, 0.6) is 5.75 Å². The van der Waals surface area contributed by atoms with Gasteiger partial charge in [0.25, 0.3) is 0 Å². The fraction of sp³-hybridized carbons (Fsp3) is 0.467. The lowest BCUT2D eigenvalue weighted by atomic mass is 9.98. The number of aromatic hydroxyl groups is 1. The monoisotopic (exact) mass is 554 g/mol. The Morgan fingerprint density at radius 1 is 0.750 bits per heavy atom. The second-order valence-electron chi connectivity index (χ2n) is 10.6. The molecule has 0 spiro atoms. The normalized spacial score (nSPS) is 14.8. The first-order valence-electron chi connectivity index (χ1n) is 13.6. The number of rotatable bonds is 15. The number of carboxylic acids is 1. The molecule has 2 aromatic rings. The minimum atomic E-state index is -1.18. The van der Waals surface area contributed by atoms with Crippen molar-refractivity contribution in [2.24, 2.45) is 17.6 Å². The molecule has 10 nitrogen and oxygen atoms in total. The summed E-state index contributed by atoms with van der Waals surface area (Å²) in [5.74, 6) is -2.99. The van der Waals surface area contributed by atoms with Gasteiger partial charge in [0.2, 0.25) is 17.7 Å². The Kier molecular flexibility index (Phi) is 12.6. The summed E-state index contributed by atoms with van der Waals surface area (Å²) in [7, 11) is 0. The van der Waals surface area contributed by atoms with Crippen molar-refractivity contribution in [3.8, 4) is 5.75 Å². The quantitative estimate of drug-likeness (QED) is 0.196. The van der Waals surface area contributed by atoms with E-state index in [2.05, 4.69) is 16.0 Å². The van der Waals surface area contributed by atoms with E-state index in [-0.39, 0.29) is 36.8 Å². The number of phenolic OH excluding ortho intramolecular Hbond substituents is 1. The highest BCUT2D eigenvalue weighted by Crippen LogP contribution is 2.13. The highest BCUT2D eigenvalue weighted by Gasteiger charge is 2.31. The van der Waals surface area contributed by atoms with E-state index in [4.69, 9.17) is 5.73 Å². The van der Waals surface area contributed by atoms with Gasteiger partial charge < -0.3 is 31.9 Å². The van der Waals surface area contributed by atoms with Crippen LogP contribution in [-0.2, 0) is 32.0 Å². The molecule has 0 aliphatic carbocycles. The van der Waals surface area contributed by atoms with Gasteiger partial charge >= 0.3 is 5.97 Å². The molecule has 2 rings (SSSR count). The summed E-state index contributed by atoms with van der Waals surface area (Å²) < 4.78 is 0. The van der Waals surface area contributed by atoms with Crippen molar-refractivity contribution in [1.29, 1.82) is 0 Å². The predicted octanol–water partition coefficient (Wildman–Crippen LogP) is 2.14. The Hall–Kier alpha value is -3.92. The number of hydrogen-bond donors (Lipinski definition) is 6. The van der Waals surface area contributed by atoms with Crippen LogP contribution < -0.4 is 21.7 Å². The second kappa shape index (κ2) is 15.6. The average Bonchev–Trinajstić information content (AvgIpc) is 2.92. The molecule has 5 unspecified atom stereocenters. The van der Waals surface area contributed by atoms with Gasteiger partial charge in [-0.3, -0.25) is 14.4 Å². The summed E-state index contributed by atoms with van der Waals surface area (Å²) in [6.45, 7) is 7.46. The molecular formula is C30H42N4O6. The van der Waals surface area contributed by atoms with Crippen LogP contribution >= 0.6 is 0 Å². The first-order valence-corrected chi connectivity index (χ1v) is 13.6. The van der Waals surface area contributed by atoms with Crippen molar-refractivity contribution in [3.63, 3.8) is 0 Å². The average molecular weight is 555 g/mol. The lowest BCUT2D eigenvalue weighted by Crippen LogP contribution is -2.58. The molecule has 0 heterocycles. The molecule has 0 saturated heterocycles. The highest BCUT2D eigenvalue weighted by atomic mass is 16.4. The number of amides is 3. The van der Waals surface area contributed by atoms with Crippen LogP contribution in [0.1, 0.15) is 51.7 Å². The third-order valence-electron chi connectivity index (χ3n) is 6.81. The number of hydrogen-bond acceptors (Lipinski definition) is 6. The van der Waals surface area contributed by atoms with E-state index in [0.29, 0.717) is 12.0 Å². The molecule has 7 N–H and O–H groups in total. The number of carboxylic acid groups (broad SMARTS) is 1. The number of carbonyl (C=O) groups is 4. The van der Waals surface area contributed by atoms with Crippen molar-refractivity contribution >= 4 is 23.7 Å². The zero-order chi connectivity index (χ0) is 29.8. The standard InChI is InChI=1S/C30H42N4O6/c1-5-19(4)26(31)29(38)33-24(16-20-9-7-6-8-10-20)27(36)32-23(17-21-11-13-22(35)14-12-21)28(37)34-25(30(39)40)15-18(2)3/h6-14,18-19,23-26,35H,5,15-17,31H2,1-4H3,(H,32,36)(H,33,38)(H,34,37)(H,39,40). The Labute approximate surface area is 235 Å². The number of phenols is 1. The first-order chi connectivity index (χ1) is 18.9. The Balaban J connectivity index is 2.33. The van der Waals surface area contributed by atoms with Crippen LogP contribution in [0.15, 0.2) is 54.6 Å². The Bertz CT molecular complexity index is 1120. The third kappa shape index (κ3) is 10.3. The maximum Gasteiger partial charge on any atom is 0.326 e. The fourth-order valence-corrected chi connectivity index (χ4v) is 4.15. The van der Waals surface area contributed by atoms with Gasteiger partial charge in [0.05, 0.1) is 6.04 Å². The van der Waals surface area contributed by atoms with Crippen molar-refractivity contribution in [2.45, 2.75) is 77.5 Å². The molecule has 5 atom stereocenters. The molecule has 0 aromatic heterocycles. The minimum absolute atomic E-state index is 0.00623. The van der Waals surface area contributed by atoms with Gasteiger partial charge in [0.1, 0.15) is 23.9 Å². The second-order valence-corrected chi connectivity index (χ2v) is 10.6. The Morgan fingerprint density at radius 3 is 1.70 bits per heavy atom. The SMILES string of the molecule is CCC(C)C(N)C(=O)NC(Cc1ccccc1)C(=O)NC(Cc1ccc(O)cc1)C(=O)NC(CC(C)C)C(=O)O. The van der Waals surface area contributed by atoms with E-state index in [0.717, 1.165) is 5.56 Å². The molecular weight excluding hydrogens is 512 g/mol. The van der Waals surface area contributed by atoms with Gasteiger partial charge in [0.15, 0.2) is 0 Å². The third-order valence-corrected chi connectivity index (χ3v) is 6.81. The summed E-state index contributed by atoms with van der Waals surface area (Å²) >= 11 is 0. The van der Waals surface area contributed by atoms with E-state index in [1.165, 1.54) is 12.1 Å². The summed E-state index contributed by atoms with van der Waals surface area (Å²) in [4.78, 5) is 51.7. The summed E-state index contributed by atoms with van der Waals surface area (Å²) in [6, 6.07) is 11.1. The first kappa shape index (κ1) is 32.3. The number of aliphatic carboxylic acids is 1. The molecule has 0 aliphatic rings. The van der Waals surface area contributed by atoms with E-state index in [1.54, 1.807) is 12.1 Å². The minimum Gasteiger partial charge on any atom is -0.508 e.